The summed E-state index contributed by atoms with van der Waals surface area (Å²) in [6.45, 7) is 3.97. The monoisotopic (exact) mass is 424 g/mol. The zero-order valence-corrected chi connectivity index (χ0v) is 18.3. The van der Waals surface area contributed by atoms with Crippen LogP contribution in [0.25, 0.3) is 0 Å². The topological polar surface area (TPSA) is 66.9 Å². The highest BCUT2D eigenvalue weighted by atomic mass is 16.5. The number of ether oxygens (including phenoxy) is 1. The van der Waals surface area contributed by atoms with E-state index in [2.05, 4.69) is 12.1 Å². The molecule has 0 radical (unpaired) electrons. The summed E-state index contributed by atoms with van der Waals surface area (Å²) in [4.78, 5) is 41.0. The minimum Gasteiger partial charge on any atom is -0.494 e. The van der Waals surface area contributed by atoms with Crippen molar-refractivity contribution in [3.8, 4) is 5.75 Å². The molecular formula is C25H32N2O4. The molecule has 1 aromatic carbocycles. The molecule has 1 aromatic rings. The summed E-state index contributed by atoms with van der Waals surface area (Å²) in [6, 6.07) is 8.29. The Hall–Kier alpha value is -2.63. The maximum atomic E-state index is 12.8. The zero-order chi connectivity index (χ0) is 21.8. The lowest BCUT2D eigenvalue weighted by Crippen LogP contribution is -2.46. The van der Waals surface area contributed by atoms with Crippen molar-refractivity contribution in [2.45, 2.75) is 45.4 Å². The van der Waals surface area contributed by atoms with Crippen LogP contribution < -0.4 is 4.74 Å². The number of carbonyl (C=O) groups is 3. The van der Waals surface area contributed by atoms with Crippen LogP contribution in [0, 0.1) is 17.8 Å². The number of amides is 3. The molecule has 1 aliphatic carbocycles. The second-order valence-electron chi connectivity index (χ2n) is 8.86. The number of carbonyl (C=O) groups excluding carboxylic acids is 3. The average molecular weight is 425 g/mol. The molecule has 4 rings (SSSR count). The van der Waals surface area contributed by atoms with Crippen molar-refractivity contribution in [1.82, 2.24) is 9.80 Å². The predicted octanol–water partition coefficient (Wildman–Crippen LogP) is 3.21. The maximum Gasteiger partial charge on any atom is 0.242 e. The van der Waals surface area contributed by atoms with Crippen LogP contribution >= 0.6 is 0 Å². The van der Waals surface area contributed by atoms with Gasteiger partial charge in [0.05, 0.1) is 18.4 Å². The molecule has 2 saturated heterocycles. The van der Waals surface area contributed by atoms with Crippen LogP contribution in [0.2, 0.25) is 0 Å². The first kappa shape index (κ1) is 21.6. The molecule has 2 heterocycles. The third kappa shape index (κ3) is 4.83. The quantitative estimate of drug-likeness (QED) is 0.498. The minimum atomic E-state index is -0.265. The molecule has 2 fully saturated rings. The van der Waals surface area contributed by atoms with E-state index in [-0.39, 0.29) is 36.1 Å². The molecule has 3 amide bonds. The molecule has 2 aliphatic heterocycles. The van der Waals surface area contributed by atoms with Crippen LogP contribution in [-0.2, 0) is 20.8 Å². The van der Waals surface area contributed by atoms with Gasteiger partial charge in [0.1, 0.15) is 12.3 Å². The van der Waals surface area contributed by atoms with Gasteiger partial charge in [-0.25, -0.2) is 0 Å². The number of fused-ring (bicyclic) bond motifs is 1. The van der Waals surface area contributed by atoms with Gasteiger partial charge in [0.2, 0.25) is 17.7 Å². The highest BCUT2D eigenvalue weighted by molar-refractivity contribution is 6.07. The number of aryl methyl sites for hydroxylation is 1. The number of nitrogens with zero attached hydrogens (tertiary/aromatic N) is 2. The van der Waals surface area contributed by atoms with Crippen molar-refractivity contribution in [3.63, 3.8) is 0 Å². The third-order valence-electron chi connectivity index (χ3n) is 6.94. The van der Waals surface area contributed by atoms with Crippen LogP contribution in [0.5, 0.6) is 5.75 Å². The van der Waals surface area contributed by atoms with E-state index in [0.29, 0.717) is 38.5 Å². The fourth-order valence-electron chi connectivity index (χ4n) is 5.02. The summed E-state index contributed by atoms with van der Waals surface area (Å²) in [5.74, 6) is 0.537. The smallest absolute Gasteiger partial charge is 0.242 e. The van der Waals surface area contributed by atoms with Crippen molar-refractivity contribution >= 4 is 17.7 Å². The highest BCUT2D eigenvalue weighted by Crippen LogP contribution is 2.35. The van der Waals surface area contributed by atoms with Crippen LogP contribution in [0.15, 0.2) is 36.4 Å². The van der Waals surface area contributed by atoms with Gasteiger partial charge in [-0.15, -0.1) is 0 Å². The Labute approximate surface area is 184 Å². The number of rotatable bonds is 7. The summed E-state index contributed by atoms with van der Waals surface area (Å²) in [7, 11) is 0. The second kappa shape index (κ2) is 9.67. The van der Waals surface area contributed by atoms with Crippen molar-refractivity contribution in [2.24, 2.45) is 17.8 Å². The second-order valence-corrected chi connectivity index (χ2v) is 8.86. The number of allylic oxidation sites excluding steroid dienone is 2. The first-order chi connectivity index (χ1) is 15.1. The number of likely N-dealkylation sites (tertiary alicyclic amines) is 2. The Morgan fingerprint density at radius 2 is 1.61 bits per heavy atom. The van der Waals surface area contributed by atoms with Gasteiger partial charge < -0.3 is 9.64 Å². The van der Waals surface area contributed by atoms with Gasteiger partial charge in [-0.1, -0.05) is 24.3 Å². The summed E-state index contributed by atoms with van der Waals surface area (Å²) < 4.78 is 5.49. The fourth-order valence-corrected chi connectivity index (χ4v) is 5.02. The standard InChI is InChI=1S/C25H32N2O4/c1-2-31-20-11-9-18(10-12-20)7-8-19-13-15-26(16-14-19)23(28)17-27-24(29)21-5-3-4-6-22(21)25(27)30/h3-4,9-12,19,21-22H,2,5-8,13-17H2,1H3. The van der Waals surface area contributed by atoms with Crippen molar-refractivity contribution in [3.05, 3.63) is 42.0 Å². The van der Waals surface area contributed by atoms with E-state index < -0.39 is 0 Å². The summed E-state index contributed by atoms with van der Waals surface area (Å²) in [6.07, 6.45) is 9.23. The lowest BCUT2D eigenvalue weighted by molar-refractivity contribution is -0.147. The molecule has 166 valence electrons. The number of imide groups is 1. The third-order valence-corrected chi connectivity index (χ3v) is 6.94. The van der Waals surface area contributed by atoms with Gasteiger partial charge in [0.15, 0.2) is 0 Å². The predicted molar refractivity (Wildman–Crippen MR) is 117 cm³/mol. The number of benzene rings is 1. The van der Waals surface area contributed by atoms with E-state index in [1.54, 1.807) is 0 Å². The summed E-state index contributed by atoms with van der Waals surface area (Å²) in [5.41, 5.74) is 1.31. The van der Waals surface area contributed by atoms with E-state index in [1.165, 1.54) is 10.5 Å². The summed E-state index contributed by atoms with van der Waals surface area (Å²) in [5, 5.41) is 0. The molecule has 31 heavy (non-hydrogen) atoms. The molecule has 6 heteroatoms. The summed E-state index contributed by atoms with van der Waals surface area (Å²) >= 11 is 0. The van der Waals surface area contributed by atoms with Crippen molar-refractivity contribution in [2.75, 3.05) is 26.2 Å². The van der Waals surface area contributed by atoms with Crippen LogP contribution in [0.3, 0.4) is 0 Å². The molecule has 2 atom stereocenters. The average Bonchev–Trinajstić information content (AvgIpc) is 3.04. The Balaban J connectivity index is 1.22. The zero-order valence-electron chi connectivity index (χ0n) is 18.3. The number of piperidine rings is 1. The molecule has 0 N–H and O–H groups in total. The van der Waals surface area contributed by atoms with Gasteiger partial charge in [0.25, 0.3) is 0 Å². The van der Waals surface area contributed by atoms with Gasteiger partial charge >= 0.3 is 0 Å². The lowest BCUT2D eigenvalue weighted by Gasteiger charge is -2.33. The van der Waals surface area contributed by atoms with Crippen LogP contribution in [-0.4, -0.2) is 53.8 Å². The van der Waals surface area contributed by atoms with Gasteiger partial charge in [-0.2, -0.15) is 0 Å². The van der Waals surface area contributed by atoms with Gasteiger partial charge in [-0.3, -0.25) is 19.3 Å². The molecule has 6 nitrogen and oxygen atoms in total. The molecule has 2 unspecified atom stereocenters. The Bertz CT molecular complexity index is 814. The molecular weight excluding hydrogens is 392 g/mol. The molecule has 0 aromatic heterocycles. The van der Waals surface area contributed by atoms with E-state index in [9.17, 15) is 14.4 Å². The maximum absolute atomic E-state index is 12.8. The highest BCUT2D eigenvalue weighted by Gasteiger charge is 2.48. The molecule has 0 spiro atoms. The van der Waals surface area contributed by atoms with E-state index in [4.69, 9.17) is 4.74 Å². The van der Waals surface area contributed by atoms with Crippen molar-refractivity contribution < 1.29 is 19.1 Å². The minimum absolute atomic E-state index is 0.0957. The first-order valence-electron chi connectivity index (χ1n) is 11.6. The first-order valence-corrected chi connectivity index (χ1v) is 11.6. The Kier molecular flexibility index (Phi) is 6.73. The molecule has 0 saturated carbocycles. The molecule has 0 bridgehead atoms. The van der Waals surface area contributed by atoms with E-state index in [1.807, 2.05) is 36.1 Å². The van der Waals surface area contributed by atoms with Crippen LogP contribution in [0.4, 0.5) is 0 Å². The largest absolute Gasteiger partial charge is 0.494 e. The van der Waals surface area contributed by atoms with Crippen LogP contribution in [0.1, 0.15) is 44.6 Å². The Morgan fingerprint density at radius 1 is 1.00 bits per heavy atom. The normalized spacial score (nSPS) is 23.9. The number of hydrogen-bond donors (Lipinski definition) is 0. The fraction of sp³-hybridized carbons (Fsp3) is 0.560. The van der Waals surface area contributed by atoms with Crippen molar-refractivity contribution in [1.29, 1.82) is 0 Å². The SMILES string of the molecule is CCOc1ccc(CCC2CCN(C(=O)CN3C(=O)C4CC=CCC4C3=O)CC2)cc1. The molecule has 3 aliphatic rings. The van der Waals surface area contributed by atoms with E-state index in [0.717, 1.165) is 31.4 Å². The van der Waals surface area contributed by atoms with E-state index >= 15 is 0 Å². The number of hydrogen-bond acceptors (Lipinski definition) is 4. The lowest BCUT2D eigenvalue weighted by atomic mass is 9.85. The van der Waals surface area contributed by atoms with Gasteiger partial charge in [0, 0.05) is 13.1 Å². The van der Waals surface area contributed by atoms with Gasteiger partial charge in [-0.05, 0) is 69.1 Å². The Morgan fingerprint density at radius 3 is 2.19 bits per heavy atom.